The van der Waals surface area contributed by atoms with E-state index in [-0.39, 0.29) is 22.9 Å². The molecule has 2 heterocycles. The molecule has 0 unspecified atom stereocenters. The summed E-state index contributed by atoms with van der Waals surface area (Å²) in [5, 5.41) is 4.70. The number of primary amides is 1. The van der Waals surface area contributed by atoms with Gasteiger partial charge in [-0.3, -0.25) is 9.59 Å². The highest BCUT2D eigenvalue weighted by molar-refractivity contribution is 6.03. The number of hydrogen-bond acceptors (Lipinski definition) is 5. The Kier molecular flexibility index (Phi) is 5.94. The van der Waals surface area contributed by atoms with E-state index in [0.717, 1.165) is 36.9 Å². The van der Waals surface area contributed by atoms with Gasteiger partial charge in [0.15, 0.2) is 0 Å². The van der Waals surface area contributed by atoms with Crippen LogP contribution in [-0.4, -0.2) is 46.7 Å². The smallest absolute Gasteiger partial charge is 0.298 e. The molecule has 32 heavy (non-hydrogen) atoms. The van der Waals surface area contributed by atoms with E-state index in [0.29, 0.717) is 31.1 Å². The first kappa shape index (κ1) is 21.9. The van der Waals surface area contributed by atoms with E-state index >= 15 is 0 Å². The molecular weight excluding hydrogens is 406 g/mol. The lowest BCUT2D eigenvalue weighted by molar-refractivity contribution is -0.125. The Morgan fingerprint density at radius 1 is 1.28 bits per heavy atom. The zero-order chi connectivity index (χ0) is 22.9. The second-order valence-corrected chi connectivity index (χ2v) is 8.74. The first-order valence-corrected chi connectivity index (χ1v) is 10.9. The molecule has 2 amide bonds. The number of nitrogens with zero attached hydrogens (tertiary/aromatic N) is 3. The topological polar surface area (TPSA) is 116 Å². The van der Waals surface area contributed by atoms with Crippen LogP contribution in [-0.2, 0) is 16.1 Å². The van der Waals surface area contributed by atoms with Gasteiger partial charge < -0.3 is 21.1 Å². The number of aromatic nitrogens is 2. The highest BCUT2D eigenvalue weighted by atomic mass is 16.5. The molecule has 0 radical (unpaired) electrons. The number of amides is 2. The first-order chi connectivity index (χ1) is 15.4. The molecule has 1 aromatic carbocycles. The number of carbonyl (C=O) groups is 2. The molecule has 1 aromatic heterocycles. The van der Waals surface area contributed by atoms with Gasteiger partial charge in [-0.2, -0.15) is 5.10 Å². The molecule has 1 saturated carbocycles. The third-order valence-corrected chi connectivity index (χ3v) is 6.51. The number of nitrogen functional groups attached to an aromatic ring is 1. The summed E-state index contributed by atoms with van der Waals surface area (Å²) in [6.45, 7) is 3.87. The zero-order valence-corrected chi connectivity index (χ0v) is 18.6. The SMILES string of the molecule is CCC#CC(=O)N1CC[C@]2(C1)C[C@H](n1nc(-c3ccc(COC)cc3)c(C(N)=O)c1N)C2. The number of methoxy groups -OCH3 is 1. The fourth-order valence-electron chi connectivity index (χ4n) is 4.89. The van der Waals surface area contributed by atoms with Crippen molar-refractivity contribution in [1.29, 1.82) is 0 Å². The van der Waals surface area contributed by atoms with Crippen LogP contribution in [0.4, 0.5) is 5.82 Å². The summed E-state index contributed by atoms with van der Waals surface area (Å²) in [5.41, 5.74) is 14.6. The van der Waals surface area contributed by atoms with Crippen LogP contribution >= 0.6 is 0 Å². The van der Waals surface area contributed by atoms with Crippen LogP contribution < -0.4 is 11.5 Å². The van der Waals surface area contributed by atoms with Crippen molar-refractivity contribution in [3.8, 4) is 23.1 Å². The Balaban J connectivity index is 1.53. The van der Waals surface area contributed by atoms with Crippen molar-refractivity contribution < 1.29 is 14.3 Å². The van der Waals surface area contributed by atoms with Gasteiger partial charge in [0.2, 0.25) is 0 Å². The highest BCUT2D eigenvalue weighted by Crippen LogP contribution is 2.54. The molecule has 1 aliphatic carbocycles. The van der Waals surface area contributed by atoms with Gasteiger partial charge in [-0.15, -0.1) is 0 Å². The number of rotatable bonds is 5. The molecule has 4 rings (SSSR count). The molecule has 1 aliphatic heterocycles. The number of ether oxygens (including phenoxy) is 1. The molecule has 8 nitrogen and oxygen atoms in total. The second-order valence-electron chi connectivity index (χ2n) is 8.74. The molecule has 2 aromatic rings. The van der Waals surface area contributed by atoms with Crippen molar-refractivity contribution in [2.75, 3.05) is 25.9 Å². The highest BCUT2D eigenvalue weighted by Gasteiger charge is 2.51. The molecule has 8 heteroatoms. The fraction of sp³-hybridized carbons (Fsp3) is 0.458. The summed E-state index contributed by atoms with van der Waals surface area (Å²) in [7, 11) is 1.64. The number of anilines is 1. The third kappa shape index (κ3) is 3.96. The summed E-state index contributed by atoms with van der Waals surface area (Å²) in [6, 6.07) is 7.73. The molecule has 0 atom stereocenters. The molecule has 4 N–H and O–H groups in total. The summed E-state index contributed by atoms with van der Waals surface area (Å²) in [4.78, 5) is 26.3. The van der Waals surface area contributed by atoms with Crippen LogP contribution in [0.25, 0.3) is 11.3 Å². The largest absolute Gasteiger partial charge is 0.383 e. The van der Waals surface area contributed by atoms with Gasteiger partial charge in [0, 0.05) is 32.2 Å². The minimum atomic E-state index is -0.592. The fourth-order valence-corrected chi connectivity index (χ4v) is 4.89. The second kappa shape index (κ2) is 8.67. The normalized spacial score (nSPS) is 21.8. The Bertz CT molecular complexity index is 1090. The molecular formula is C24H29N5O3. The maximum absolute atomic E-state index is 12.2. The monoisotopic (exact) mass is 435 g/mol. The molecule has 2 fully saturated rings. The Morgan fingerprint density at radius 2 is 2.00 bits per heavy atom. The third-order valence-electron chi connectivity index (χ3n) is 6.51. The number of benzene rings is 1. The van der Waals surface area contributed by atoms with Crippen LogP contribution in [0.15, 0.2) is 24.3 Å². The van der Waals surface area contributed by atoms with Gasteiger partial charge >= 0.3 is 0 Å². The van der Waals surface area contributed by atoms with E-state index in [1.165, 1.54) is 0 Å². The van der Waals surface area contributed by atoms with Crippen molar-refractivity contribution in [1.82, 2.24) is 14.7 Å². The quantitative estimate of drug-likeness (QED) is 0.699. The van der Waals surface area contributed by atoms with Crippen LogP contribution in [0.2, 0.25) is 0 Å². The summed E-state index contributed by atoms with van der Waals surface area (Å²) in [5.74, 6) is 5.17. The molecule has 168 valence electrons. The van der Waals surface area contributed by atoms with Crippen molar-refractivity contribution >= 4 is 17.6 Å². The number of nitrogens with two attached hydrogens (primary N) is 2. The van der Waals surface area contributed by atoms with Crippen LogP contribution in [0.1, 0.15) is 54.6 Å². The van der Waals surface area contributed by atoms with E-state index in [4.69, 9.17) is 21.3 Å². The van der Waals surface area contributed by atoms with Gasteiger partial charge in [0.05, 0.1) is 12.6 Å². The molecule has 2 aliphatic rings. The zero-order valence-electron chi connectivity index (χ0n) is 18.6. The van der Waals surface area contributed by atoms with Crippen molar-refractivity contribution in [3.63, 3.8) is 0 Å². The Hall–Kier alpha value is -3.31. The molecule has 0 bridgehead atoms. The first-order valence-electron chi connectivity index (χ1n) is 10.9. The summed E-state index contributed by atoms with van der Waals surface area (Å²) in [6.07, 6.45) is 3.33. The van der Waals surface area contributed by atoms with Crippen LogP contribution in [0.5, 0.6) is 0 Å². The summed E-state index contributed by atoms with van der Waals surface area (Å²) < 4.78 is 6.90. The van der Waals surface area contributed by atoms with Crippen LogP contribution in [0, 0.1) is 17.3 Å². The maximum atomic E-state index is 12.2. The van der Waals surface area contributed by atoms with Gasteiger partial charge in [-0.05, 0) is 36.2 Å². The van der Waals surface area contributed by atoms with Crippen molar-refractivity contribution in [2.24, 2.45) is 11.1 Å². The van der Waals surface area contributed by atoms with Gasteiger partial charge in [0.25, 0.3) is 11.8 Å². The van der Waals surface area contributed by atoms with Crippen molar-refractivity contribution in [2.45, 2.75) is 45.3 Å². The van der Waals surface area contributed by atoms with E-state index in [1.807, 2.05) is 36.1 Å². The van der Waals surface area contributed by atoms with E-state index < -0.39 is 5.91 Å². The summed E-state index contributed by atoms with van der Waals surface area (Å²) >= 11 is 0. The molecule has 1 saturated heterocycles. The predicted molar refractivity (Wildman–Crippen MR) is 121 cm³/mol. The lowest BCUT2D eigenvalue weighted by atomic mass is 9.65. The lowest BCUT2D eigenvalue weighted by Gasteiger charge is -2.45. The average molecular weight is 436 g/mol. The minimum Gasteiger partial charge on any atom is -0.383 e. The van der Waals surface area contributed by atoms with Crippen LogP contribution in [0.3, 0.4) is 0 Å². The van der Waals surface area contributed by atoms with Crippen molar-refractivity contribution in [3.05, 3.63) is 35.4 Å². The predicted octanol–water partition coefficient (Wildman–Crippen LogP) is 2.34. The van der Waals surface area contributed by atoms with Gasteiger partial charge in [-0.1, -0.05) is 37.1 Å². The van der Waals surface area contributed by atoms with E-state index in [1.54, 1.807) is 11.8 Å². The minimum absolute atomic E-state index is 0.0709. The standard InChI is InChI=1S/C24H29N5O3/c1-3-4-5-19(30)28-11-10-24(15-28)12-18(13-24)29-22(25)20(23(26)31)21(27-29)17-8-6-16(7-9-17)14-32-2/h6-9,18H,3,10-15,25H2,1-2H3,(H2,26,31)/t18-,24-. The van der Waals surface area contributed by atoms with E-state index in [2.05, 4.69) is 11.8 Å². The Labute approximate surface area is 187 Å². The maximum Gasteiger partial charge on any atom is 0.298 e. The van der Waals surface area contributed by atoms with Gasteiger partial charge in [0.1, 0.15) is 17.1 Å². The number of likely N-dealkylation sites (tertiary alicyclic amines) is 1. The number of hydrogen-bond donors (Lipinski definition) is 2. The van der Waals surface area contributed by atoms with Gasteiger partial charge in [-0.25, -0.2) is 4.68 Å². The molecule has 1 spiro atoms. The number of carbonyl (C=O) groups excluding carboxylic acids is 2. The lowest BCUT2D eigenvalue weighted by Crippen LogP contribution is -2.42. The average Bonchev–Trinajstić information content (AvgIpc) is 3.34. The van der Waals surface area contributed by atoms with E-state index in [9.17, 15) is 9.59 Å². The Morgan fingerprint density at radius 3 is 2.62 bits per heavy atom.